The number of fused-ring (bicyclic) bond motifs is 1. The first-order valence-electron chi connectivity index (χ1n) is 5.44. The second-order valence-electron chi connectivity index (χ2n) is 4.81. The van der Waals surface area contributed by atoms with Crippen molar-refractivity contribution >= 4 is 23.0 Å². The largest absolute Gasteiger partial charge is 0.222 e. The highest BCUT2D eigenvalue weighted by atomic mass is 35.7. The predicted octanol–water partition coefficient (Wildman–Crippen LogP) is -1.39. The highest BCUT2D eigenvalue weighted by molar-refractivity contribution is 6.30. The molecular formula is C12H15Cl2NO4. The highest BCUT2D eigenvalue weighted by Gasteiger charge is 2.41. The smallest absolute Gasteiger partial charge is 0.209 e. The Morgan fingerprint density at radius 1 is 1.16 bits per heavy atom. The molecule has 0 saturated heterocycles. The minimum Gasteiger partial charge on any atom is -0.222 e. The van der Waals surface area contributed by atoms with Crippen LogP contribution in [0, 0.1) is 10.2 Å². The molecular weight excluding hydrogens is 293 g/mol. The molecule has 1 aromatic rings. The fraction of sp³-hybridized carbons (Fsp3) is 0.417. The summed E-state index contributed by atoms with van der Waals surface area (Å²) in [6.07, 6.45) is 0. The molecule has 0 aromatic heterocycles. The van der Waals surface area contributed by atoms with Gasteiger partial charge in [-0.15, -0.1) is 10.2 Å². The third-order valence-electron chi connectivity index (χ3n) is 3.40. The van der Waals surface area contributed by atoms with Crippen LogP contribution in [0.15, 0.2) is 18.2 Å². The van der Waals surface area contributed by atoms with Gasteiger partial charge in [0.1, 0.15) is 7.05 Å². The summed E-state index contributed by atoms with van der Waals surface area (Å²) in [5.74, 6) is 0. The predicted molar refractivity (Wildman–Crippen MR) is 61.0 cm³/mol. The van der Waals surface area contributed by atoms with Gasteiger partial charge in [-0.1, -0.05) is 11.6 Å². The van der Waals surface area contributed by atoms with Gasteiger partial charge in [0.05, 0.1) is 5.41 Å². The van der Waals surface area contributed by atoms with Crippen molar-refractivity contribution in [3.05, 3.63) is 28.8 Å². The van der Waals surface area contributed by atoms with Crippen LogP contribution in [0.5, 0.6) is 0 Å². The van der Waals surface area contributed by atoms with Gasteiger partial charge >= 0.3 is 0 Å². The van der Waals surface area contributed by atoms with Crippen LogP contribution in [0.1, 0.15) is 26.3 Å². The van der Waals surface area contributed by atoms with Crippen molar-refractivity contribution in [2.75, 3.05) is 7.05 Å². The molecule has 0 spiro atoms. The lowest BCUT2D eigenvalue weighted by Crippen LogP contribution is -2.68. The molecule has 19 heavy (non-hydrogen) atoms. The Labute approximate surface area is 119 Å². The SMILES string of the molecule is CC1=[N+](C)c2ccc(Cl)cc2C1(C)C.[O-][Cl+3]([O-])([O-])[O-]. The molecule has 7 heteroatoms. The maximum absolute atomic E-state index is 8.49. The number of hydrogen-bond acceptors (Lipinski definition) is 4. The van der Waals surface area contributed by atoms with Gasteiger partial charge in [-0.2, -0.15) is 0 Å². The number of rotatable bonds is 0. The van der Waals surface area contributed by atoms with Crippen molar-refractivity contribution in [3.63, 3.8) is 0 Å². The van der Waals surface area contributed by atoms with Crippen LogP contribution >= 0.6 is 11.6 Å². The molecule has 0 aliphatic carbocycles. The molecule has 1 aromatic carbocycles. The van der Waals surface area contributed by atoms with Gasteiger partial charge in [-0.25, -0.2) is 23.2 Å². The molecule has 5 nitrogen and oxygen atoms in total. The third-order valence-corrected chi connectivity index (χ3v) is 3.64. The van der Waals surface area contributed by atoms with Gasteiger partial charge in [0.15, 0.2) is 5.71 Å². The molecule has 1 heterocycles. The summed E-state index contributed by atoms with van der Waals surface area (Å²) in [6.45, 7) is 6.65. The van der Waals surface area contributed by atoms with E-state index in [2.05, 4.69) is 44.5 Å². The summed E-state index contributed by atoms with van der Waals surface area (Å²) in [4.78, 5) is 0. The third kappa shape index (κ3) is 3.89. The normalized spacial score (nSPS) is 16.9. The van der Waals surface area contributed by atoms with Crippen molar-refractivity contribution < 1.29 is 33.5 Å². The van der Waals surface area contributed by atoms with Gasteiger partial charge in [-0.3, -0.25) is 0 Å². The highest BCUT2D eigenvalue weighted by Crippen LogP contribution is 2.39. The average Bonchev–Trinajstić information content (AvgIpc) is 2.39. The zero-order chi connectivity index (χ0) is 15.0. The number of hydrogen-bond donors (Lipinski definition) is 0. The maximum Gasteiger partial charge on any atom is 0.209 e. The quantitative estimate of drug-likeness (QED) is 0.551. The van der Waals surface area contributed by atoms with Crippen molar-refractivity contribution in [2.24, 2.45) is 0 Å². The van der Waals surface area contributed by atoms with Gasteiger partial charge < -0.3 is 0 Å². The first kappa shape index (κ1) is 16.4. The molecule has 0 fully saturated rings. The van der Waals surface area contributed by atoms with Crippen molar-refractivity contribution in [1.82, 2.24) is 0 Å². The molecule has 1 aliphatic heterocycles. The Bertz CT molecular complexity index is 515. The Morgan fingerprint density at radius 2 is 1.63 bits per heavy atom. The second kappa shape index (κ2) is 5.36. The van der Waals surface area contributed by atoms with Crippen LogP contribution in [-0.4, -0.2) is 17.3 Å². The van der Waals surface area contributed by atoms with Crippen molar-refractivity contribution in [1.29, 1.82) is 0 Å². The first-order valence-corrected chi connectivity index (χ1v) is 7.05. The van der Waals surface area contributed by atoms with Crippen LogP contribution < -0.4 is 18.6 Å². The van der Waals surface area contributed by atoms with Crippen LogP contribution in [0.25, 0.3) is 0 Å². The zero-order valence-electron chi connectivity index (χ0n) is 11.1. The fourth-order valence-corrected chi connectivity index (χ4v) is 2.27. The lowest BCUT2D eigenvalue weighted by Gasteiger charge is -2.17. The summed E-state index contributed by atoms with van der Waals surface area (Å²) >= 11 is 6.02. The van der Waals surface area contributed by atoms with E-state index in [0.717, 1.165) is 5.02 Å². The first-order chi connectivity index (χ1) is 8.44. The van der Waals surface area contributed by atoms with E-state index in [4.69, 9.17) is 30.2 Å². The Morgan fingerprint density at radius 3 is 2.11 bits per heavy atom. The van der Waals surface area contributed by atoms with Crippen LogP contribution in [0.4, 0.5) is 5.69 Å². The summed E-state index contributed by atoms with van der Waals surface area (Å²) in [6, 6.07) is 6.12. The number of benzene rings is 1. The number of nitrogens with zero attached hydrogens (tertiary/aromatic N) is 1. The lowest BCUT2D eigenvalue weighted by molar-refractivity contribution is -2.00. The Balaban J connectivity index is 0.000000312. The van der Waals surface area contributed by atoms with E-state index in [1.165, 1.54) is 17.0 Å². The summed E-state index contributed by atoms with van der Waals surface area (Å²) in [7, 11) is -2.84. The Hall–Kier alpha value is -0.690. The summed E-state index contributed by atoms with van der Waals surface area (Å²) < 4.78 is 36.2. The monoisotopic (exact) mass is 307 g/mol. The average molecular weight is 308 g/mol. The summed E-state index contributed by atoms with van der Waals surface area (Å²) in [5.41, 5.74) is 4.08. The Kier molecular flexibility index (Phi) is 4.62. The minimum atomic E-state index is -4.94. The molecule has 0 unspecified atom stereocenters. The number of halogens is 2. The second-order valence-corrected chi connectivity index (χ2v) is 6.00. The van der Waals surface area contributed by atoms with Crippen LogP contribution in [-0.2, 0) is 5.41 Å². The van der Waals surface area contributed by atoms with Crippen molar-refractivity contribution in [2.45, 2.75) is 26.2 Å². The maximum atomic E-state index is 8.49. The van der Waals surface area contributed by atoms with E-state index in [-0.39, 0.29) is 5.41 Å². The molecule has 0 bridgehead atoms. The van der Waals surface area contributed by atoms with E-state index in [1.807, 2.05) is 6.07 Å². The van der Waals surface area contributed by atoms with Gasteiger partial charge in [0, 0.05) is 23.6 Å². The molecule has 106 valence electrons. The van der Waals surface area contributed by atoms with E-state index in [9.17, 15) is 0 Å². The standard InChI is InChI=1S/C12H15ClN.ClHO4/c1-8-12(2,3)10-7-9(13)5-6-11(10)14(8)4;2-1(3,4)5/h5-7H,1-4H3;(H,2,3,4,5)/q+1;/p-1. The summed E-state index contributed by atoms with van der Waals surface area (Å²) in [5, 5.41) is 0.819. The van der Waals surface area contributed by atoms with Gasteiger partial charge in [0.25, 0.3) is 0 Å². The van der Waals surface area contributed by atoms with Crippen molar-refractivity contribution in [3.8, 4) is 0 Å². The van der Waals surface area contributed by atoms with E-state index >= 15 is 0 Å². The molecule has 0 radical (unpaired) electrons. The van der Waals surface area contributed by atoms with E-state index in [1.54, 1.807) is 0 Å². The van der Waals surface area contributed by atoms with E-state index in [0.29, 0.717) is 0 Å². The fourth-order valence-electron chi connectivity index (χ4n) is 2.10. The lowest BCUT2D eigenvalue weighted by atomic mass is 9.82. The molecule has 2 rings (SSSR count). The van der Waals surface area contributed by atoms with Gasteiger partial charge in [0.2, 0.25) is 5.69 Å². The molecule has 0 N–H and O–H groups in total. The molecule has 1 aliphatic rings. The molecule has 0 atom stereocenters. The van der Waals surface area contributed by atoms with E-state index < -0.39 is 10.2 Å². The van der Waals surface area contributed by atoms with Crippen LogP contribution in [0.2, 0.25) is 5.02 Å². The van der Waals surface area contributed by atoms with Gasteiger partial charge in [-0.05, 0) is 26.0 Å². The molecule has 0 saturated carbocycles. The topological polar surface area (TPSA) is 95.2 Å². The molecule has 0 amide bonds. The minimum absolute atomic E-state index is 0.106. The van der Waals surface area contributed by atoms with Crippen LogP contribution in [0.3, 0.4) is 0 Å². The zero-order valence-corrected chi connectivity index (χ0v) is 12.6.